The molecule has 1 fully saturated rings. The number of hydrogen-bond acceptors (Lipinski definition) is 4. The smallest absolute Gasteiger partial charge is 0.0951 e. The largest absolute Gasteiger partial charge is 0.374 e. The number of ether oxygens (including phenoxy) is 1. The molecular weight excluding hydrogens is 240 g/mol. The highest BCUT2D eigenvalue weighted by Crippen LogP contribution is 2.30. The van der Waals surface area contributed by atoms with E-state index in [0.717, 1.165) is 26.1 Å². The molecule has 0 radical (unpaired) electrons. The van der Waals surface area contributed by atoms with E-state index in [1.54, 1.807) is 0 Å². The molecule has 1 aliphatic rings. The quantitative estimate of drug-likeness (QED) is 0.879. The minimum atomic E-state index is 0.0644. The van der Waals surface area contributed by atoms with Crippen molar-refractivity contribution in [3.63, 3.8) is 0 Å². The van der Waals surface area contributed by atoms with Crippen molar-refractivity contribution in [2.75, 3.05) is 26.2 Å². The first-order valence-corrected chi connectivity index (χ1v) is 7.26. The molecule has 2 unspecified atom stereocenters. The summed E-state index contributed by atoms with van der Waals surface area (Å²) in [6.07, 6.45) is 5.08. The Bertz CT molecular complexity index is 389. The Morgan fingerprint density at radius 3 is 2.95 bits per heavy atom. The predicted octanol–water partition coefficient (Wildman–Crippen LogP) is 1.57. The predicted molar refractivity (Wildman–Crippen MR) is 76.0 cm³/mol. The fourth-order valence-electron chi connectivity index (χ4n) is 2.87. The summed E-state index contributed by atoms with van der Waals surface area (Å²) in [7, 11) is 0. The van der Waals surface area contributed by atoms with Gasteiger partial charge in [-0.1, -0.05) is 6.92 Å². The molecule has 1 aromatic heterocycles. The number of nitrogens with two attached hydrogens (primary N) is 1. The zero-order chi connectivity index (χ0) is 13.8. The zero-order valence-corrected chi connectivity index (χ0v) is 12.2. The molecule has 0 bridgehead atoms. The molecule has 0 amide bonds. The summed E-state index contributed by atoms with van der Waals surface area (Å²) >= 11 is 0. The van der Waals surface area contributed by atoms with Crippen LogP contribution in [0.25, 0.3) is 0 Å². The van der Waals surface area contributed by atoms with E-state index in [2.05, 4.69) is 35.2 Å². The van der Waals surface area contributed by atoms with Gasteiger partial charge in [0.1, 0.15) is 0 Å². The number of rotatable bonds is 5. The lowest BCUT2D eigenvalue weighted by atomic mass is 10.0. The van der Waals surface area contributed by atoms with Gasteiger partial charge in [-0.15, -0.1) is 0 Å². The third-order valence-corrected chi connectivity index (χ3v) is 3.75. The van der Waals surface area contributed by atoms with E-state index < -0.39 is 0 Å². The van der Waals surface area contributed by atoms with Crippen LogP contribution in [-0.2, 0) is 4.74 Å². The number of morpholine rings is 1. The van der Waals surface area contributed by atoms with Crippen molar-refractivity contribution in [2.45, 2.75) is 45.4 Å². The maximum atomic E-state index is 5.90. The van der Waals surface area contributed by atoms with Crippen LogP contribution in [0.1, 0.15) is 45.0 Å². The van der Waals surface area contributed by atoms with Gasteiger partial charge in [-0.2, -0.15) is 0 Å². The lowest BCUT2D eigenvalue weighted by molar-refractivity contribution is -0.0702. The third-order valence-electron chi connectivity index (χ3n) is 3.75. The highest BCUT2D eigenvalue weighted by atomic mass is 16.5. The Kier molecular flexibility index (Phi) is 4.96. The monoisotopic (exact) mass is 266 g/mol. The molecule has 5 nitrogen and oxygen atoms in total. The molecule has 2 heterocycles. The molecule has 0 saturated carbocycles. The molecule has 1 aliphatic heterocycles. The Morgan fingerprint density at radius 2 is 2.32 bits per heavy atom. The highest BCUT2D eigenvalue weighted by molar-refractivity contribution is 5.11. The summed E-state index contributed by atoms with van der Waals surface area (Å²) in [5.41, 5.74) is 7.12. The van der Waals surface area contributed by atoms with Crippen molar-refractivity contribution in [1.29, 1.82) is 0 Å². The van der Waals surface area contributed by atoms with Crippen LogP contribution >= 0.6 is 0 Å². The summed E-state index contributed by atoms with van der Waals surface area (Å²) in [5.74, 6) is 0. The van der Waals surface area contributed by atoms with E-state index in [9.17, 15) is 0 Å². The van der Waals surface area contributed by atoms with Crippen LogP contribution < -0.4 is 5.73 Å². The maximum Gasteiger partial charge on any atom is 0.0951 e. The van der Waals surface area contributed by atoms with E-state index in [4.69, 9.17) is 10.5 Å². The fourth-order valence-corrected chi connectivity index (χ4v) is 2.87. The summed E-state index contributed by atoms with van der Waals surface area (Å²) in [5, 5.41) is 0. The normalized spacial score (nSPS) is 25.1. The zero-order valence-electron chi connectivity index (χ0n) is 12.2. The van der Waals surface area contributed by atoms with Gasteiger partial charge in [0.2, 0.25) is 0 Å². The molecule has 2 N–H and O–H groups in total. The fraction of sp³-hybridized carbons (Fsp3) is 0.786. The molecule has 1 saturated heterocycles. The second kappa shape index (κ2) is 6.50. The summed E-state index contributed by atoms with van der Waals surface area (Å²) in [6.45, 7) is 9.94. The minimum Gasteiger partial charge on any atom is -0.374 e. The Labute approximate surface area is 115 Å². The molecule has 1 aromatic rings. The van der Waals surface area contributed by atoms with Crippen LogP contribution in [0, 0.1) is 0 Å². The van der Waals surface area contributed by atoms with Crippen molar-refractivity contribution >= 4 is 0 Å². The van der Waals surface area contributed by atoms with Gasteiger partial charge in [-0.25, -0.2) is 4.98 Å². The average molecular weight is 266 g/mol. The highest BCUT2D eigenvalue weighted by Gasteiger charge is 2.34. The topological polar surface area (TPSA) is 56.3 Å². The molecule has 0 aromatic carbocycles. The lowest BCUT2D eigenvalue weighted by Gasteiger charge is -2.41. The van der Waals surface area contributed by atoms with Crippen molar-refractivity contribution in [2.24, 2.45) is 5.73 Å². The van der Waals surface area contributed by atoms with Gasteiger partial charge >= 0.3 is 0 Å². The molecule has 108 valence electrons. The minimum absolute atomic E-state index is 0.0644. The molecular formula is C14H26N4O. The Morgan fingerprint density at radius 1 is 1.53 bits per heavy atom. The van der Waals surface area contributed by atoms with Crippen molar-refractivity contribution in [3.05, 3.63) is 18.2 Å². The molecule has 19 heavy (non-hydrogen) atoms. The SMILES string of the molecule is CCCN1CCOC(CN)C1c1cncn1C(C)C. The molecule has 0 aliphatic carbocycles. The van der Waals surface area contributed by atoms with Crippen LogP contribution in [0.3, 0.4) is 0 Å². The summed E-state index contributed by atoms with van der Waals surface area (Å²) in [4.78, 5) is 6.80. The molecule has 5 heteroatoms. The second-order valence-electron chi connectivity index (χ2n) is 5.45. The lowest BCUT2D eigenvalue weighted by Crippen LogP contribution is -2.49. The van der Waals surface area contributed by atoms with E-state index >= 15 is 0 Å². The average Bonchev–Trinajstić information content (AvgIpc) is 2.87. The number of imidazole rings is 1. The van der Waals surface area contributed by atoms with Crippen LogP contribution in [0.2, 0.25) is 0 Å². The van der Waals surface area contributed by atoms with Crippen LogP contribution in [-0.4, -0.2) is 46.8 Å². The number of nitrogens with zero attached hydrogens (tertiary/aromatic N) is 3. The van der Waals surface area contributed by atoms with Crippen molar-refractivity contribution < 1.29 is 4.74 Å². The number of aromatic nitrogens is 2. The second-order valence-corrected chi connectivity index (χ2v) is 5.45. The van der Waals surface area contributed by atoms with Gasteiger partial charge in [0, 0.05) is 25.3 Å². The molecule has 0 spiro atoms. The van der Waals surface area contributed by atoms with Crippen molar-refractivity contribution in [3.8, 4) is 0 Å². The van der Waals surface area contributed by atoms with Gasteiger partial charge < -0.3 is 15.0 Å². The van der Waals surface area contributed by atoms with E-state index in [0.29, 0.717) is 12.6 Å². The van der Waals surface area contributed by atoms with E-state index in [1.807, 2.05) is 12.5 Å². The third kappa shape index (κ3) is 2.99. The first-order chi connectivity index (χ1) is 9.19. The Balaban J connectivity index is 2.31. The van der Waals surface area contributed by atoms with Gasteiger partial charge in [0.05, 0.1) is 30.8 Å². The molecule has 2 atom stereocenters. The first-order valence-electron chi connectivity index (χ1n) is 7.26. The first kappa shape index (κ1) is 14.5. The Hall–Kier alpha value is -0.910. The van der Waals surface area contributed by atoms with Gasteiger partial charge in [0.25, 0.3) is 0 Å². The molecule has 2 rings (SSSR count). The maximum absolute atomic E-state index is 5.90. The standard InChI is InChI=1S/C14H26N4O/c1-4-5-17-6-7-19-13(8-15)14(17)12-9-16-10-18(12)11(2)3/h9-11,13-14H,4-8,15H2,1-3H3. The van der Waals surface area contributed by atoms with E-state index in [1.165, 1.54) is 5.69 Å². The van der Waals surface area contributed by atoms with Crippen molar-refractivity contribution in [1.82, 2.24) is 14.5 Å². The van der Waals surface area contributed by atoms with E-state index in [-0.39, 0.29) is 12.1 Å². The number of hydrogen-bond donors (Lipinski definition) is 1. The van der Waals surface area contributed by atoms with Crippen LogP contribution in [0.4, 0.5) is 0 Å². The summed E-state index contributed by atoms with van der Waals surface area (Å²) < 4.78 is 8.09. The van der Waals surface area contributed by atoms with Gasteiger partial charge in [0.15, 0.2) is 0 Å². The summed E-state index contributed by atoms with van der Waals surface area (Å²) in [6, 6.07) is 0.630. The van der Waals surface area contributed by atoms with Crippen LogP contribution in [0.15, 0.2) is 12.5 Å². The van der Waals surface area contributed by atoms with Gasteiger partial charge in [-0.3, -0.25) is 4.90 Å². The van der Waals surface area contributed by atoms with Gasteiger partial charge in [-0.05, 0) is 26.8 Å². The van der Waals surface area contributed by atoms with Crippen LogP contribution in [0.5, 0.6) is 0 Å².